The minimum atomic E-state index is -0.168. The van der Waals surface area contributed by atoms with Gasteiger partial charge in [0.15, 0.2) is 6.61 Å². The van der Waals surface area contributed by atoms with Gasteiger partial charge >= 0.3 is 0 Å². The maximum Gasteiger partial charge on any atom is 0.258 e. The van der Waals surface area contributed by atoms with Crippen LogP contribution in [-0.2, 0) is 4.79 Å². The van der Waals surface area contributed by atoms with Gasteiger partial charge in [0.2, 0.25) is 11.7 Å². The summed E-state index contributed by atoms with van der Waals surface area (Å²) in [5.41, 5.74) is 4.35. The van der Waals surface area contributed by atoms with Gasteiger partial charge in [-0.2, -0.15) is 4.98 Å². The number of aromatic nitrogens is 2. The molecule has 3 rings (SSSR count). The van der Waals surface area contributed by atoms with Gasteiger partial charge in [-0.15, -0.1) is 0 Å². The highest BCUT2D eigenvalue weighted by molar-refractivity contribution is 5.78. The average Bonchev–Trinajstić information content (AvgIpc) is 3.09. The van der Waals surface area contributed by atoms with Crippen LogP contribution < -0.4 is 10.1 Å². The zero-order chi connectivity index (χ0) is 19.4. The zero-order valence-electron chi connectivity index (χ0n) is 15.9. The molecule has 3 aromatic rings. The highest BCUT2D eigenvalue weighted by Crippen LogP contribution is 2.20. The molecule has 0 radical (unpaired) electrons. The van der Waals surface area contributed by atoms with Crippen LogP contribution in [-0.4, -0.2) is 22.7 Å². The predicted octanol–water partition coefficient (Wildman–Crippen LogP) is 3.92. The Hall–Kier alpha value is -3.15. The lowest BCUT2D eigenvalue weighted by Gasteiger charge is -2.16. The van der Waals surface area contributed by atoms with Gasteiger partial charge in [0.05, 0.1) is 6.04 Å². The molecule has 6 nitrogen and oxygen atoms in total. The number of carbonyl (C=O) groups is 1. The fourth-order valence-electron chi connectivity index (χ4n) is 2.67. The Kier molecular flexibility index (Phi) is 5.54. The second-order valence-corrected chi connectivity index (χ2v) is 6.58. The number of rotatable bonds is 6. The number of benzene rings is 2. The van der Waals surface area contributed by atoms with Crippen LogP contribution in [0.2, 0.25) is 0 Å². The molecule has 0 fully saturated rings. The zero-order valence-corrected chi connectivity index (χ0v) is 15.9. The van der Waals surface area contributed by atoms with Gasteiger partial charge in [0, 0.05) is 12.5 Å². The van der Waals surface area contributed by atoms with Gasteiger partial charge in [-0.3, -0.25) is 4.79 Å². The molecule has 1 atom stereocenters. The van der Waals surface area contributed by atoms with Gasteiger partial charge in [-0.1, -0.05) is 23.4 Å². The molecule has 1 heterocycles. The molecule has 0 saturated carbocycles. The van der Waals surface area contributed by atoms with Crippen LogP contribution in [0.1, 0.15) is 35.5 Å². The summed E-state index contributed by atoms with van der Waals surface area (Å²) in [4.78, 5) is 16.3. The molecule has 0 bridgehead atoms. The Balaban J connectivity index is 1.53. The largest absolute Gasteiger partial charge is 0.484 e. The predicted molar refractivity (Wildman–Crippen MR) is 102 cm³/mol. The van der Waals surface area contributed by atoms with E-state index in [2.05, 4.69) is 41.4 Å². The van der Waals surface area contributed by atoms with Crippen molar-refractivity contribution in [1.82, 2.24) is 15.5 Å². The number of hydrogen-bond acceptors (Lipinski definition) is 5. The monoisotopic (exact) mass is 365 g/mol. The van der Waals surface area contributed by atoms with Crippen LogP contribution in [0.15, 0.2) is 47.0 Å². The SMILES string of the molecule is Cc1nc(-c2ccc(OCC(=O)NC(C)c3ccc(C)c(C)c3)cc2)no1. The highest BCUT2D eigenvalue weighted by Gasteiger charge is 2.11. The third-order valence-corrected chi connectivity index (χ3v) is 4.42. The maximum atomic E-state index is 12.2. The number of carbonyl (C=O) groups excluding carboxylic acids is 1. The van der Waals surface area contributed by atoms with E-state index in [1.807, 2.05) is 25.1 Å². The lowest BCUT2D eigenvalue weighted by Crippen LogP contribution is -2.31. The lowest BCUT2D eigenvalue weighted by atomic mass is 10.0. The van der Waals surface area contributed by atoms with Crippen LogP contribution in [0.25, 0.3) is 11.4 Å². The molecule has 0 aliphatic rings. The Labute approximate surface area is 158 Å². The average molecular weight is 365 g/mol. The normalized spacial score (nSPS) is 11.9. The molecule has 1 amide bonds. The summed E-state index contributed by atoms with van der Waals surface area (Å²) in [5, 5.41) is 6.83. The second kappa shape index (κ2) is 8.03. The van der Waals surface area contributed by atoms with Crippen LogP contribution in [0.4, 0.5) is 0 Å². The molecular formula is C21H23N3O3. The van der Waals surface area contributed by atoms with E-state index in [-0.39, 0.29) is 18.6 Å². The van der Waals surface area contributed by atoms with E-state index in [0.717, 1.165) is 11.1 Å². The van der Waals surface area contributed by atoms with Crippen molar-refractivity contribution in [2.75, 3.05) is 6.61 Å². The maximum absolute atomic E-state index is 12.2. The van der Waals surface area contributed by atoms with Crippen molar-refractivity contribution in [2.24, 2.45) is 0 Å². The van der Waals surface area contributed by atoms with Gasteiger partial charge in [0.25, 0.3) is 5.91 Å². The van der Waals surface area contributed by atoms with Crippen molar-refractivity contribution in [1.29, 1.82) is 0 Å². The van der Waals surface area contributed by atoms with E-state index in [0.29, 0.717) is 17.5 Å². The summed E-state index contributed by atoms with van der Waals surface area (Å²) in [6.07, 6.45) is 0. The lowest BCUT2D eigenvalue weighted by molar-refractivity contribution is -0.123. The van der Waals surface area contributed by atoms with Gasteiger partial charge in [-0.25, -0.2) is 0 Å². The second-order valence-electron chi connectivity index (χ2n) is 6.58. The summed E-state index contributed by atoms with van der Waals surface area (Å²) in [5.74, 6) is 1.48. The molecule has 0 aliphatic carbocycles. The molecule has 1 N–H and O–H groups in total. The van der Waals surface area contributed by atoms with Crippen LogP contribution >= 0.6 is 0 Å². The van der Waals surface area contributed by atoms with Gasteiger partial charge in [0.1, 0.15) is 5.75 Å². The Bertz CT molecular complexity index is 932. The van der Waals surface area contributed by atoms with E-state index < -0.39 is 0 Å². The van der Waals surface area contributed by atoms with Crippen molar-refractivity contribution in [3.63, 3.8) is 0 Å². The smallest absolute Gasteiger partial charge is 0.258 e. The van der Waals surface area contributed by atoms with Crippen molar-refractivity contribution in [3.8, 4) is 17.1 Å². The summed E-state index contributed by atoms with van der Waals surface area (Å²) in [6.45, 7) is 7.79. The molecule has 0 saturated heterocycles. The van der Waals surface area contributed by atoms with Crippen molar-refractivity contribution in [2.45, 2.75) is 33.7 Å². The first-order chi connectivity index (χ1) is 12.9. The number of amides is 1. The summed E-state index contributed by atoms with van der Waals surface area (Å²) in [6, 6.07) is 13.3. The molecule has 27 heavy (non-hydrogen) atoms. The molecule has 0 spiro atoms. The Morgan fingerprint density at radius 2 is 1.85 bits per heavy atom. The van der Waals surface area contributed by atoms with Crippen LogP contribution in [0.3, 0.4) is 0 Å². The first kappa shape index (κ1) is 18.6. The molecule has 1 unspecified atom stereocenters. The number of nitrogens with zero attached hydrogens (tertiary/aromatic N) is 2. The van der Waals surface area contributed by atoms with E-state index in [9.17, 15) is 4.79 Å². The van der Waals surface area contributed by atoms with Crippen molar-refractivity contribution < 1.29 is 14.1 Å². The fraction of sp³-hybridized carbons (Fsp3) is 0.286. The molecule has 6 heteroatoms. The third kappa shape index (κ3) is 4.73. The van der Waals surface area contributed by atoms with Crippen LogP contribution in [0, 0.1) is 20.8 Å². The highest BCUT2D eigenvalue weighted by atomic mass is 16.5. The van der Waals surface area contributed by atoms with Gasteiger partial charge in [-0.05, 0) is 61.7 Å². The van der Waals surface area contributed by atoms with Crippen molar-refractivity contribution in [3.05, 3.63) is 65.0 Å². The number of hydrogen-bond donors (Lipinski definition) is 1. The topological polar surface area (TPSA) is 77.2 Å². The number of ether oxygens (including phenoxy) is 1. The molecule has 2 aromatic carbocycles. The van der Waals surface area contributed by atoms with Crippen molar-refractivity contribution >= 4 is 5.91 Å². The Morgan fingerprint density at radius 1 is 1.11 bits per heavy atom. The van der Waals surface area contributed by atoms with E-state index in [4.69, 9.17) is 9.26 Å². The first-order valence-electron chi connectivity index (χ1n) is 8.82. The number of aryl methyl sites for hydroxylation is 3. The minimum absolute atomic E-state index is 0.0458. The standard InChI is InChI=1S/C21H23N3O3/c1-13-5-6-18(11-14(13)2)15(3)22-20(25)12-26-19-9-7-17(8-10-19)21-23-16(4)27-24-21/h5-11,15H,12H2,1-4H3,(H,22,25). The summed E-state index contributed by atoms with van der Waals surface area (Å²) < 4.78 is 10.5. The molecule has 1 aromatic heterocycles. The quantitative estimate of drug-likeness (QED) is 0.716. The molecule has 0 aliphatic heterocycles. The van der Waals surface area contributed by atoms with E-state index in [1.165, 1.54) is 11.1 Å². The summed E-state index contributed by atoms with van der Waals surface area (Å²) in [7, 11) is 0. The molecule has 140 valence electrons. The van der Waals surface area contributed by atoms with Gasteiger partial charge < -0.3 is 14.6 Å². The summed E-state index contributed by atoms with van der Waals surface area (Å²) >= 11 is 0. The fourth-order valence-corrected chi connectivity index (χ4v) is 2.67. The Morgan fingerprint density at radius 3 is 2.48 bits per heavy atom. The minimum Gasteiger partial charge on any atom is -0.484 e. The van der Waals surface area contributed by atoms with Crippen LogP contribution in [0.5, 0.6) is 5.75 Å². The first-order valence-corrected chi connectivity index (χ1v) is 8.82. The molecular weight excluding hydrogens is 342 g/mol. The third-order valence-electron chi connectivity index (χ3n) is 4.42. The van der Waals surface area contributed by atoms with E-state index in [1.54, 1.807) is 19.1 Å². The number of nitrogens with one attached hydrogen (secondary N) is 1. The van der Waals surface area contributed by atoms with E-state index >= 15 is 0 Å².